The largest absolute Gasteiger partial charge is 0.338 e. The molecule has 0 fully saturated rings. The van der Waals surface area contributed by atoms with Crippen molar-refractivity contribution in [3.8, 4) is 0 Å². The molecule has 0 atom stereocenters. The van der Waals surface area contributed by atoms with Crippen molar-refractivity contribution in [2.45, 2.75) is 26.4 Å². The Balaban J connectivity index is 2.35. The SMILES string of the molecule is CCn1cc(I)c(=O)n(CCc2nccn2C)c1=O. The van der Waals surface area contributed by atoms with E-state index in [0.717, 1.165) is 5.82 Å². The molecule has 0 aromatic carbocycles. The van der Waals surface area contributed by atoms with Crippen molar-refractivity contribution < 1.29 is 0 Å². The Morgan fingerprint density at radius 2 is 2.11 bits per heavy atom. The molecule has 7 heteroatoms. The fourth-order valence-corrected chi connectivity index (χ4v) is 2.52. The Morgan fingerprint density at radius 1 is 1.37 bits per heavy atom. The molecule has 0 saturated carbocycles. The molecule has 2 aromatic heterocycles. The van der Waals surface area contributed by atoms with Gasteiger partial charge in [-0.2, -0.15) is 0 Å². The van der Waals surface area contributed by atoms with E-state index in [1.165, 1.54) is 4.57 Å². The van der Waals surface area contributed by atoms with Gasteiger partial charge in [0.05, 0.1) is 3.57 Å². The third kappa shape index (κ3) is 2.80. The first kappa shape index (κ1) is 14.0. The zero-order valence-electron chi connectivity index (χ0n) is 10.8. The van der Waals surface area contributed by atoms with Crippen LogP contribution >= 0.6 is 22.6 Å². The second kappa shape index (κ2) is 5.72. The number of nitrogens with zero attached hydrogens (tertiary/aromatic N) is 4. The van der Waals surface area contributed by atoms with E-state index >= 15 is 0 Å². The topological polar surface area (TPSA) is 61.8 Å². The highest BCUT2D eigenvalue weighted by molar-refractivity contribution is 14.1. The van der Waals surface area contributed by atoms with Crippen LogP contribution in [0.2, 0.25) is 0 Å². The lowest BCUT2D eigenvalue weighted by Gasteiger charge is -2.09. The number of aryl methyl sites for hydroxylation is 3. The summed E-state index contributed by atoms with van der Waals surface area (Å²) in [7, 11) is 1.89. The Labute approximate surface area is 123 Å². The first-order valence-electron chi connectivity index (χ1n) is 6.00. The monoisotopic (exact) mass is 374 g/mol. The van der Waals surface area contributed by atoms with Crippen LogP contribution in [0.25, 0.3) is 0 Å². The molecule has 2 heterocycles. The van der Waals surface area contributed by atoms with Gasteiger partial charge in [0.15, 0.2) is 0 Å². The van der Waals surface area contributed by atoms with Gasteiger partial charge in [0, 0.05) is 45.1 Å². The second-order valence-electron chi connectivity index (χ2n) is 4.21. The van der Waals surface area contributed by atoms with Crippen molar-refractivity contribution in [2.75, 3.05) is 0 Å². The molecule has 19 heavy (non-hydrogen) atoms. The first-order valence-corrected chi connectivity index (χ1v) is 7.08. The highest BCUT2D eigenvalue weighted by Gasteiger charge is 2.09. The molecule has 0 saturated heterocycles. The summed E-state index contributed by atoms with van der Waals surface area (Å²) in [6.45, 7) is 2.78. The van der Waals surface area contributed by atoms with Crippen molar-refractivity contribution in [1.82, 2.24) is 18.7 Å². The second-order valence-corrected chi connectivity index (χ2v) is 5.37. The van der Waals surface area contributed by atoms with Crippen molar-refractivity contribution in [2.24, 2.45) is 7.05 Å². The molecule has 0 unspecified atom stereocenters. The molecule has 2 rings (SSSR count). The summed E-state index contributed by atoms with van der Waals surface area (Å²) in [5.74, 6) is 0.855. The minimum absolute atomic E-state index is 0.232. The maximum atomic E-state index is 12.1. The van der Waals surface area contributed by atoms with Crippen LogP contribution in [0.4, 0.5) is 0 Å². The molecule has 0 spiro atoms. The summed E-state index contributed by atoms with van der Waals surface area (Å²) in [6, 6.07) is 0. The molecule has 0 bridgehead atoms. The number of halogens is 1. The summed E-state index contributed by atoms with van der Waals surface area (Å²) in [5.41, 5.74) is -0.494. The summed E-state index contributed by atoms with van der Waals surface area (Å²) >= 11 is 1.96. The lowest BCUT2D eigenvalue weighted by molar-refractivity contribution is 0.548. The van der Waals surface area contributed by atoms with Gasteiger partial charge in [0.1, 0.15) is 5.82 Å². The highest BCUT2D eigenvalue weighted by atomic mass is 127. The quantitative estimate of drug-likeness (QED) is 0.737. The van der Waals surface area contributed by atoms with Gasteiger partial charge in [-0.15, -0.1) is 0 Å². The Hall–Kier alpha value is -1.38. The van der Waals surface area contributed by atoms with Crippen LogP contribution in [-0.2, 0) is 26.6 Å². The van der Waals surface area contributed by atoms with Gasteiger partial charge in [-0.3, -0.25) is 13.9 Å². The van der Waals surface area contributed by atoms with Gasteiger partial charge >= 0.3 is 5.69 Å². The van der Waals surface area contributed by atoms with E-state index in [-0.39, 0.29) is 11.2 Å². The average molecular weight is 374 g/mol. The van der Waals surface area contributed by atoms with Crippen LogP contribution in [0, 0.1) is 3.57 Å². The average Bonchev–Trinajstić information content (AvgIpc) is 2.79. The lowest BCUT2D eigenvalue weighted by atomic mass is 10.4. The molecular formula is C12H15IN4O2. The Kier molecular flexibility index (Phi) is 4.23. The predicted molar refractivity (Wildman–Crippen MR) is 80.3 cm³/mol. The molecule has 0 aliphatic carbocycles. The van der Waals surface area contributed by atoms with Crippen molar-refractivity contribution in [3.63, 3.8) is 0 Å². The molecule has 6 nitrogen and oxygen atoms in total. The molecular weight excluding hydrogens is 359 g/mol. The van der Waals surface area contributed by atoms with Crippen LogP contribution in [0.1, 0.15) is 12.7 Å². The van der Waals surface area contributed by atoms with E-state index in [4.69, 9.17) is 0 Å². The Bertz CT molecular complexity index is 698. The van der Waals surface area contributed by atoms with Crippen LogP contribution < -0.4 is 11.2 Å². The maximum Gasteiger partial charge on any atom is 0.331 e. The van der Waals surface area contributed by atoms with E-state index in [1.807, 2.05) is 47.3 Å². The third-order valence-electron chi connectivity index (χ3n) is 3.02. The van der Waals surface area contributed by atoms with Crippen molar-refractivity contribution in [3.05, 3.63) is 48.8 Å². The molecule has 0 aliphatic rings. The number of aromatic nitrogens is 4. The van der Waals surface area contributed by atoms with Crippen LogP contribution in [0.3, 0.4) is 0 Å². The maximum absolute atomic E-state index is 12.1. The van der Waals surface area contributed by atoms with Gasteiger partial charge in [-0.05, 0) is 29.5 Å². The molecule has 0 aliphatic heterocycles. The van der Waals surface area contributed by atoms with Gasteiger partial charge < -0.3 is 4.57 Å². The van der Waals surface area contributed by atoms with E-state index in [1.54, 1.807) is 17.0 Å². The van der Waals surface area contributed by atoms with E-state index in [9.17, 15) is 9.59 Å². The molecule has 0 amide bonds. The zero-order chi connectivity index (χ0) is 14.0. The zero-order valence-corrected chi connectivity index (χ0v) is 13.0. The molecule has 102 valence electrons. The third-order valence-corrected chi connectivity index (χ3v) is 3.76. The summed E-state index contributed by atoms with van der Waals surface area (Å²) in [5, 5.41) is 0. The minimum atomic E-state index is -0.262. The summed E-state index contributed by atoms with van der Waals surface area (Å²) in [4.78, 5) is 28.3. The van der Waals surface area contributed by atoms with Gasteiger partial charge in [-0.1, -0.05) is 0 Å². The van der Waals surface area contributed by atoms with Crippen LogP contribution in [-0.4, -0.2) is 18.7 Å². The van der Waals surface area contributed by atoms with Crippen molar-refractivity contribution in [1.29, 1.82) is 0 Å². The van der Waals surface area contributed by atoms with Gasteiger partial charge in [-0.25, -0.2) is 9.78 Å². The fraction of sp³-hybridized carbons (Fsp3) is 0.417. The molecule has 2 aromatic rings. The van der Waals surface area contributed by atoms with Gasteiger partial charge in [0.25, 0.3) is 5.56 Å². The minimum Gasteiger partial charge on any atom is -0.338 e. The smallest absolute Gasteiger partial charge is 0.331 e. The number of hydrogen-bond donors (Lipinski definition) is 0. The summed E-state index contributed by atoms with van der Waals surface area (Å²) < 4.78 is 5.26. The summed E-state index contributed by atoms with van der Waals surface area (Å²) in [6.07, 6.45) is 5.71. The number of imidazole rings is 1. The van der Waals surface area contributed by atoms with Crippen molar-refractivity contribution >= 4 is 22.6 Å². The highest BCUT2D eigenvalue weighted by Crippen LogP contribution is 1.98. The predicted octanol–water partition coefficient (Wildman–Crippen LogP) is 0.611. The van der Waals surface area contributed by atoms with Gasteiger partial charge in [0.2, 0.25) is 0 Å². The van der Waals surface area contributed by atoms with E-state index in [0.29, 0.717) is 23.1 Å². The number of hydrogen-bond acceptors (Lipinski definition) is 3. The molecule has 0 radical (unpaired) electrons. The van der Waals surface area contributed by atoms with E-state index in [2.05, 4.69) is 4.98 Å². The number of rotatable bonds is 4. The first-order chi connectivity index (χ1) is 9.04. The van der Waals surface area contributed by atoms with Crippen LogP contribution in [0.5, 0.6) is 0 Å². The van der Waals surface area contributed by atoms with E-state index < -0.39 is 0 Å². The Morgan fingerprint density at radius 3 is 2.68 bits per heavy atom. The lowest BCUT2D eigenvalue weighted by Crippen LogP contribution is -2.41. The molecule has 0 N–H and O–H groups in total. The standard InChI is InChI=1S/C12H15IN4O2/c1-3-16-8-9(13)11(18)17(12(16)19)6-4-10-14-5-7-15(10)2/h5,7-8H,3-4,6H2,1-2H3. The normalized spacial score (nSPS) is 10.9. The fourth-order valence-electron chi connectivity index (χ4n) is 1.89. The van der Waals surface area contributed by atoms with Crippen LogP contribution in [0.15, 0.2) is 28.2 Å².